The van der Waals surface area contributed by atoms with Crippen LogP contribution in [-0.4, -0.2) is 80.4 Å². The molecule has 430 valence electrons. The highest BCUT2D eigenvalue weighted by Crippen LogP contribution is 2.44. The minimum atomic E-state index is -0.188. The lowest BCUT2D eigenvalue weighted by molar-refractivity contribution is 0.112. The van der Waals surface area contributed by atoms with Gasteiger partial charge in [-0.25, -0.2) is 15.0 Å². The van der Waals surface area contributed by atoms with Gasteiger partial charge >= 0.3 is 0 Å². The van der Waals surface area contributed by atoms with E-state index in [-0.39, 0.29) is 25.4 Å². The van der Waals surface area contributed by atoms with Crippen molar-refractivity contribution in [2.45, 2.75) is 38.2 Å². The van der Waals surface area contributed by atoms with Gasteiger partial charge in [0.05, 0.1) is 45.3 Å². The first kappa shape index (κ1) is 55.3. The van der Waals surface area contributed by atoms with Crippen molar-refractivity contribution in [3.63, 3.8) is 0 Å². The van der Waals surface area contributed by atoms with Gasteiger partial charge in [-0.05, 0) is 83.6 Å². The van der Waals surface area contributed by atoms with Crippen molar-refractivity contribution in [1.82, 2.24) is 58.7 Å². The van der Waals surface area contributed by atoms with Gasteiger partial charge in [-0.15, -0.1) is 30.6 Å². The Hall–Kier alpha value is -11.6. The lowest BCUT2D eigenvalue weighted by Gasteiger charge is -2.14. The molecule has 0 spiro atoms. The van der Waals surface area contributed by atoms with E-state index >= 15 is 0 Å². The zero-order chi connectivity index (χ0) is 60.6. The molecule has 1 saturated carbocycles. The van der Waals surface area contributed by atoms with Crippen LogP contribution in [-0.2, 0) is 25.4 Å². The van der Waals surface area contributed by atoms with Crippen molar-refractivity contribution >= 4 is 55.9 Å². The Labute approximate surface area is 507 Å². The van der Waals surface area contributed by atoms with E-state index < -0.39 is 0 Å². The van der Waals surface area contributed by atoms with E-state index in [1.165, 1.54) is 5.56 Å². The Kier molecular flexibility index (Phi) is 14.5. The Morgan fingerprint density at radius 3 is 1.09 bits per heavy atom. The maximum absolute atomic E-state index is 11.0. The molecule has 1 aliphatic rings. The fraction of sp³-hybridized carbons (Fsp3) is 0.0845. The summed E-state index contributed by atoms with van der Waals surface area (Å²) >= 11 is 0. The van der Waals surface area contributed by atoms with E-state index in [1.807, 2.05) is 144 Å². The summed E-state index contributed by atoms with van der Waals surface area (Å²) in [6.45, 7) is -0.541. The van der Waals surface area contributed by atoms with Crippen LogP contribution in [0.4, 0.5) is 0 Å². The van der Waals surface area contributed by atoms with Crippen LogP contribution >= 0.6 is 0 Å². The largest absolute Gasteiger partial charge is 0.388 e. The van der Waals surface area contributed by atoms with Gasteiger partial charge in [0, 0.05) is 79.2 Å². The first-order valence-electron chi connectivity index (χ1n) is 28.7. The van der Waals surface area contributed by atoms with Gasteiger partial charge < -0.3 is 21.1 Å². The molecule has 9 aromatic heterocycles. The number of carbonyl (C=O) groups is 1. The molecule has 18 nitrogen and oxygen atoms in total. The molecule has 1 aliphatic carbocycles. The maximum atomic E-state index is 11.0. The van der Waals surface area contributed by atoms with Crippen molar-refractivity contribution < 1.29 is 20.1 Å². The highest BCUT2D eigenvalue weighted by molar-refractivity contribution is 6.01. The smallest absolute Gasteiger partial charge is 0.170 e. The molecule has 0 radical (unpaired) electrons. The lowest BCUT2D eigenvalue weighted by Crippen LogP contribution is -2.18. The number of fused-ring (bicyclic) bond motifs is 9. The number of hydrogen-bond acceptors (Lipinski definition) is 15. The topological polar surface area (TPSA) is 257 Å². The molecule has 16 rings (SSSR count). The number of pyridine rings is 6. The average molecular weight is 1170 g/mol. The number of nitriles is 1. The van der Waals surface area contributed by atoms with E-state index in [0.717, 1.165) is 119 Å². The standard InChI is InChI=1S/C25H21N5O.C23H15N5O.C23H16N4O2/c26-25(11-12-25)18-8-6-17(7-9-18)23-19(16-4-2-1-3-5-16)14-20-21(27-23)10-13-30-22(15-31)28-29-24(20)30;24-13-15-6-8-17(9-7-15)22-18(16-4-2-1-3-5-16)12-19-20(25-22)10-11-28-21(14-29)26-27-23(19)28;28-13-15-6-8-17(9-7-15)22-18(16-4-2-1-3-5-16)12-19-20(24-22)10-11-27-21(14-29)25-26-23(19)27/h1-10,13-14,31H,11-12,15,26H2;1-12,29H,14H2;1-13,29H,14H2. The quantitative estimate of drug-likeness (QED) is 0.0878. The third-order valence-electron chi connectivity index (χ3n) is 16.1. The molecule has 0 saturated heterocycles. The van der Waals surface area contributed by atoms with Crippen LogP contribution in [0.2, 0.25) is 0 Å². The van der Waals surface area contributed by atoms with Crippen LogP contribution < -0.4 is 5.73 Å². The number of hydrogen-bond donors (Lipinski definition) is 4. The molecule has 0 aliphatic heterocycles. The summed E-state index contributed by atoms with van der Waals surface area (Å²) in [7, 11) is 0. The molecule has 0 bridgehead atoms. The third-order valence-corrected chi connectivity index (χ3v) is 16.1. The zero-order valence-electron chi connectivity index (χ0n) is 47.5. The van der Waals surface area contributed by atoms with Crippen LogP contribution in [0.1, 0.15) is 51.8 Å². The molecule has 15 aromatic rings. The number of nitrogens with zero attached hydrogens (tertiary/aromatic N) is 13. The fourth-order valence-electron chi connectivity index (χ4n) is 11.2. The molecule has 6 aromatic carbocycles. The summed E-state index contributed by atoms with van der Waals surface area (Å²) in [6.07, 6.45) is 8.41. The molecule has 0 atom stereocenters. The van der Waals surface area contributed by atoms with Gasteiger partial charge in [0.2, 0.25) is 0 Å². The van der Waals surface area contributed by atoms with Crippen LogP contribution in [0.25, 0.3) is 117 Å². The number of aldehydes is 1. The summed E-state index contributed by atoms with van der Waals surface area (Å²) in [4.78, 5) is 25.9. The Balaban J connectivity index is 0.000000117. The van der Waals surface area contributed by atoms with Crippen molar-refractivity contribution in [1.29, 1.82) is 5.26 Å². The van der Waals surface area contributed by atoms with Crippen LogP contribution in [0.5, 0.6) is 0 Å². The predicted molar refractivity (Wildman–Crippen MR) is 340 cm³/mol. The van der Waals surface area contributed by atoms with E-state index in [1.54, 1.807) is 33.1 Å². The number of aromatic nitrogens is 12. The van der Waals surface area contributed by atoms with Gasteiger partial charge in [-0.3, -0.25) is 18.0 Å². The maximum Gasteiger partial charge on any atom is 0.170 e. The number of carbonyl (C=O) groups excluding carboxylic acids is 1. The second-order valence-electron chi connectivity index (χ2n) is 21.6. The van der Waals surface area contributed by atoms with Crippen LogP contribution in [0.3, 0.4) is 0 Å². The van der Waals surface area contributed by atoms with Gasteiger partial charge in [0.15, 0.2) is 34.4 Å². The second kappa shape index (κ2) is 23.4. The first-order chi connectivity index (χ1) is 43.7. The second-order valence-corrected chi connectivity index (χ2v) is 21.6. The number of nitrogens with two attached hydrogens (primary N) is 1. The van der Waals surface area contributed by atoms with Gasteiger partial charge in [0.25, 0.3) is 0 Å². The number of benzene rings is 6. The minimum Gasteiger partial charge on any atom is -0.388 e. The van der Waals surface area contributed by atoms with Crippen molar-refractivity contribution in [2.24, 2.45) is 5.73 Å². The number of rotatable bonds is 11. The monoisotopic (exact) mass is 1160 g/mol. The summed E-state index contributed by atoms with van der Waals surface area (Å²) in [5.74, 6) is 1.48. The summed E-state index contributed by atoms with van der Waals surface area (Å²) in [6, 6.07) is 67.7. The molecule has 5 N–H and O–H groups in total. The Morgan fingerprint density at radius 1 is 0.438 bits per heavy atom. The molecule has 9 heterocycles. The molecule has 18 heteroatoms. The average Bonchev–Trinajstić information content (AvgIpc) is 2.94. The number of aliphatic hydroxyl groups is 3. The van der Waals surface area contributed by atoms with E-state index in [4.69, 9.17) is 25.9 Å². The summed E-state index contributed by atoms with van der Waals surface area (Å²) in [5, 5.41) is 65.3. The van der Waals surface area contributed by atoms with E-state index in [2.05, 4.69) is 91.3 Å². The Bertz CT molecular complexity index is 5180. The fourth-order valence-corrected chi connectivity index (χ4v) is 11.2. The van der Waals surface area contributed by atoms with Gasteiger partial charge in [0.1, 0.15) is 26.1 Å². The molecule has 89 heavy (non-hydrogen) atoms. The SMILES string of the molecule is N#Cc1ccc(-c2nc3ccn4c(CO)nnc4c3cc2-c2ccccc2)cc1.NC1(c2ccc(-c3nc4ccn5c(CO)nnc5c4cc3-c3ccccc3)cc2)CC1.O=Cc1ccc(-c2nc3ccn4c(CO)nnc4c3cc2-c2ccccc2)cc1. The highest BCUT2D eigenvalue weighted by Gasteiger charge is 2.39. The first-order valence-corrected chi connectivity index (χ1v) is 28.7. The minimum absolute atomic E-state index is 0.151. The molecule has 0 amide bonds. The highest BCUT2D eigenvalue weighted by atomic mass is 16.3. The zero-order valence-corrected chi connectivity index (χ0v) is 47.5. The molecular weight excluding hydrogens is 1110 g/mol. The normalized spacial score (nSPS) is 12.4. The van der Waals surface area contributed by atoms with Crippen LogP contribution in [0, 0.1) is 11.3 Å². The summed E-state index contributed by atoms with van der Waals surface area (Å²) in [5.41, 5.74) is 24.6. The number of aliphatic hydroxyl groups excluding tert-OH is 3. The Morgan fingerprint density at radius 2 is 0.775 bits per heavy atom. The van der Waals surface area contributed by atoms with Crippen LogP contribution in [0.15, 0.2) is 219 Å². The molecule has 0 unspecified atom stereocenters. The van der Waals surface area contributed by atoms with Gasteiger partial charge in [-0.1, -0.05) is 152 Å². The van der Waals surface area contributed by atoms with Crippen molar-refractivity contribution in [3.8, 4) is 73.2 Å². The van der Waals surface area contributed by atoms with Gasteiger partial charge in [-0.2, -0.15) is 5.26 Å². The third kappa shape index (κ3) is 10.4. The van der Waals surface area contributed by atoms with E-state index in [9.17, 15) is 20.1 Å². The lowest BCUT2D eigenvalue weighted by atomic mass is 9.96. The summed E-state index contributed by atoms with van der Waals surface area (Å²) < 4.78 is 5.36. The van der Waals surface area contributed by atoms with E-state index in [0.29, 0.717) is 45.5 Å². The molecular formula is C71H52N14O4. The predicted octanol–water partition coefficient (Wildman–Crippen LogP) is 11.9. The van der Waals surface area contributed by atoms with Crippen molar-refractivity contribution in [3.05, 3.63) is 253 Å². The van der Waals surface area contributed by atoms with Crippen molar-refractivity contribution in [2.75, 3.05) is 0 Å². The molecule has 1 fully saturated rings.